The molecule has 7 nitrogen and oxygen atoms in total. The van der Waals surface area contributed by atoms with Crippen LogP contribution in [0.2, 0.25) is 0 Å². The summed E-state index contributed by atoms with van der Waals surface area (Å²) in [6.07, 6.45) is 2.81. The van der Waals surface area contributed by atoms with Crippen molar-refractivity contribution in [3.05, 3.63) is 47.8 Å². The molecule has 1 fully saturated rings. The molecule has 3 heterocycles. The SMILES string of the molecule is O=C(c1cncc(O)c1)N1CCN(Cc2ccc3c(c2)OCO3)CC1. The van der Waals surface area contributed by atoms with E-state index in [0.29, 0.717) is 18.7 Å². The van der Waals surface area contributed by atoms with Crippen molar-refractivity contribution in [1.29, 1.82) is 0 Å². The topological polar surface area (TPSA) is 75.1 Å². The maximum atomic E-state index is 12.5. The van der Waals surface area contributed by atoms with Gasteiger partial charge in [0.1, 0.15) is 5.75 Å². The Balaban J connectivity index is 1.34. The zero-order valence-electron chi connectivity index (χ0n) is 13.7. The molecule has 1 aromatic carbocycles. The van der Waals surface area contributed by atoms with E-state index in [-0.39, 0.29) is 18.4 Å². The van der Waals surface area contributed by atoms with Crippen LogP contribution in [0.4, 0.5) is 0 Å². The van der Waals surface area contributed by atoms with Crippen LogP contribution in [0.3, 0.4) is 0 Å². The molecule has 0 spiro atoms. The molecule has 25 heavy (non-hydrogen) atoms. The smallest absolute Gasteiger partial charge is 0.255 e. The van der Waals surface area contributed by atoms with Crippen molar-refractivity contribution in [2.75, 3.05) is 33.0 Å². The van der Waals surface area contributed by atoms with Gasteiger partial charge in [-0.1, -0.05) is 6.07 Å². The number of rotatable bonds is 3. The van der Waals surface area contributed by atoms with Gasteiger partial charge in [0, 0.05) is 38.9 Å². The zero-order chi connectivity index (χ0) is 17.2. The molecule has 0 radical (unpaired) electrons. The molecular weight excluding hydrogens is 322 g/mol. The molecule has 0 atom stereocenters. The average Bonchev–Trinajstić information content (AvgIpc) is 3.09. The van der Waals surface area contributed by atoms with E-state index in [0.717, 1.165) is 31.1 Å². The Labute approximate surface area is 145 Å². The van der Waals surface area contributed by atoms with Crippen LogP contribution in [-0.2, 0) is 6.54 Å². The summed E-state index contributed by atoms with van der Waals surface area (Å²) in [4.78, 5) is 20.4. The van der Waals surface area contributed by atoms with Gasteiger partial charge in [0.15, 0.2) is 11.5 Å². The normalized spacial score (nSPS) is 16.9. The summed E-state index contributed by atoms with van der Waals surface area (Å²) in [5.41, 5.74) is 1.59. The number of ether oxygens (including phenoxy) is 2. The number of piperazine rings is 1. The van der Waals surface area contributed by atoms with Gasteiger partial charge in [-0.2, -0.15) is 0 Å². The summed E-state index contributed by atoms with van der Waals surface area (Å²) in [5.74, 6) is 1.50. The summed E-state index contributed by atoms with van der Waals surface area (Å²) in [5, 5.41) is 9.47. The molecule has 0 bridgehead atoms. The van der Waals surface area contributed by atoms with Gasteiger partial charge in [0.2, 0.25) is 6.79 Å². The molecule has 2 aromatic rings. The van der Waals surface area contributed by atoms with Crippen LogP contribution in [-0.4, -0.2) is 58.8 Å². The van der Waals surface area contributed by atoms with Crippen LogP contribution < -0.4 is 9.47 Å². The molecule has 2 aliphatic rings. The van der Waals surface area contributed by atoms with Crippen LogP contribution in [0.25, 0.3) is 0 Å². The summed E-state index contributed by atoms with van der Waals surface area (Å²) in [6.45, 7) is 3.99. The van der Waals surface area contributed by atoms with Crippen molar-refractivity contribution >= 4 is 5.91 Å². The van der Waals surface area contributed by atoms with E-state index in [1.807, 2.05) is 18.2 Å². The second kappa shape index (κ2) is 6.60. The van der Waals surface area contributed by atoms with Gasteiger partial charge in [-0.3, -0.25) is 14.7 Å². The number of hydrogen-bond donors (Lipinski definition) is 1. The number of hydrogen-bond acceptors (Lipinski definition) is 6. The molecular formula is C18H19N3O4. The Kier molecular flexibility index (Phi) is 4.15. The highest BCUT2D eigenvalue weighted by Crippen LogP contribution is 2.32. The van der Waals surface area contributed by atoms with Crippen LogP contribution >= 0.6 is 0 Å². The fourth-order valence-electron chi connectivity index (χ4n) is 3.13. The Morgan fingerprint density at radius 1 is 1.08 bits per heavy atom. The predicted molar refractivity (Wildman–Crippen MR) is 89.6 cm³/mol. The molecule has 1 amide bonds. The van der Waals surface area contributed by atoms with Gasteiger partial charge in [-0.15, -0.1) is 0 Å². The number of fused-ring (bicyclic) bond motifs is 1. The first-order valence-electron chi connectivity index (χ1n) is 8.23. The summed E-state index contributed by atoms with van der Waals surface area (Å²) >= 11 is 0. The van der Waals surface area contributed by atoms with Crippen LogP contribution in [0.5, 0.6) is 17.2 Å². The first-order chi connectivity index (χ1) is 12.2. The van der Waals surface area contributed by atoms with Gasteiger partial charge in [0.25, 0.3) is 5.91 Å². The largest absolute Gasteiger partial charge is 0.506 e. The van der Waals surface area contributed by atoms with Crippen LogP contribution in [0.1, 0.15) is 15.9 Å². The van der Waals surface area contributed by atoms with Gasteiger partial charge < -0.3 is 19.5 Å². The minimum absolute atomic E-state index is 0.00675. The number of nitrogens with zero attached hydrogens (tertiary/aromatic N) is 3. The third kappa shape index (κ3) is 3.36. The molecule has 130 valence electrons. The maximum absolute atomic E-state index is 12.5. The number of carbonyl (C=O) groups is 1. The van der Waals surface area contributed by atoms with Gasteiger partial charge >= 0.3 is 0 Å². The lowest BCUT2D eigenvalue weighted by Crippen LogP contribution is -2.48. The van der Waals surface area contributed by atoms with E-state index in [4.69, 9.17) is 9.47 Å². The number of pyridine rings is 1. The standard InChI is InChI=1S/C18H19N3O4/c22-15-8-14(9-19-10-15)18(23)21-5-3-20(4-6-21)11-13-1-2-16-17(7-13)25-12-24-16/h1-2,7-10,22H,3-6,11-12H2. The molecule has 1 N–H and O–H groups in total. The number of amides is 1. The summed E-state index contributed by atoms with van der Waals surface area (Å²) in [7, 11) is 0. The zero-order valence-corrected chi connectivity index (χ0v) is 13.7. The molecule has 0 saturated carbocycles. The van der Waals surface area contributed by atoms with E-state index in [2.05, 4.69) is 9.88 Å². The van der Waals surface area contributed by atoms with E-state index in [1.54, 1.807) is 4.90 Å². The quantitative estimate of drug-likeness (QED) is 0.911. The molecule has 0 aliphatic carbocycles. The number of aromatic hydroxyl groups is 1. The lowest BCUT2D eigenvalue weighted by Gasteiger charge is -2.34. The van der Waals surface area contributed by atoms with Gasteiger partial charge in [0.05, 0.1) is 11.8 Å². The van der Waals surface area contributed by atoms with Gasteiger partial charge in [-0.05, 0) is 23.8 Å². The van der Waals surface area contributed by atoms with Crippen LogP contribution in [0, 0.1) is 0 Å². The van der Waals surface area contributed by atoms with E-state index < -0.39 is 0 Å². The average molecular weight is 341 g/mol. The molecule has 4 rings (SSSR count). The van der Waals surface area contributed by atoms with Crippen molar-refractivity contribution < 1.29 is 19.4 Å². The second-order valence-electron chi connectivity index (χ2n) is 6.19. The van der Waals surface area contributed by atoms with E-state index in [1.165, 1.54) is 24.0 Å². The first kappa shape index (κ1) is 15.7. The lowest BCUT2D eigenvalue weighted by molar-refractivity contribution is 0.0627. The van der Waals surface area contributed by atoms with Crippen molar-refractivity contribution in [3.8, 4) is 17.2 Å². The monoisotopic (exact) mass is 341 g/mol. The highest BCUT2D eigenvalue weighted by atomic mass is 16.7. The molecule has 0 unspecified atom stereocenters. The predicted octanol–water partition coefficient (Wildman–Crippen LogP) is 1.47. The summed E-state index contributed by atoms with van der Waals surface area (Å²) in [6, 6.07) is 7.45. The van der Waals surface area contributed by atoms with Crippen molar-refractivity contribution in [3.63, 3.8) is 0 Å². The maximum Gasteiger partial charge on any atom is 0.255 e. The first-order valence-corrected chi connectivity index (χ1v) is 8.23. The molecule has 2 aliphatic heterocycles. The minimum atomic E-state index is -0.0915. The van der Waals surface area contributed by atoms with E-state index in [9.17, 15) is 9.90 Å². The minimum Gasteiger partial charge on any atom is -0.506 e. The molecule has 1 aromatic heterocycles. The Morgan fingerprint density at radius 3 is 2.68 bits per heavy atom. The Hall–Kier alpha value is -2.80. The van der Waals surface area contributed by atoms with Crippen molar-refractivity contribution in [2.45, 2.75) is 6.54 Å². The Morgan fingerprint density at radius 2 is 1.88 bits per heavy atom. The lowest BCUT2D eigenvalue weighted by atomic mass is 10.1. The van der Waals surface area contributed by atoms with Crippen LogP contribution in [0.15, 0.2) is 36.7 Å². The fourth-order valence-corrected chi connectivity index (χ4v) is 3.13. The Bertz CT molecular complexity index is 788. The third-order valence-corrected chi connectivity index (χ3v) is 4.47. The van der Waals surface area contributed by atoms with E-state index >= 15 is 0 Å². The van der Waals surface area contributed by atoms with Crippen molar-refractivity contribution in [1.82, 2.24) is 14.8 Å². The number of carbonyl (C=O) groups excluding carboxylic acids is 1. The number of aromatic nitrogens is 1. The fraction of sp³-hybridized carbons (Fsp3) is 0.333. The second-order valence-corrected chi connectivity index (χ2v) is 6.19. The highest BCUT2D eigenvalue weighted by Gasteiger charge is 2.23. The van der Waals surface area contributed by atoms with Crippen molar-refractivity contribution in [2.24, 2.45) is 0 Å². The number of benzene rings is 1. The molecule has 1 saturated heterocycles. The summed E-state index contributed by atoms with van der Waals surface area (Å²) < 4.78 is 10.7. The highest BCUT2D eigenvalue weighted by molar-refractivity contribution is 5.94. The molecule has 7 heteroatoms. The third-order valence-electron chi connectivity index (χ3n) is 4.47. The van der Waals surface area contributed by atoms with Gasteiger partial charge in [-0.25, -0.2) is 0 Å².